The molecule has 7 nitrogen and oxygen atoms in total. The first kappa shape index (κ1) is 15.0. The molecule has 2 amide bonds. The first-order valence-corrected chi connectivity index (χ1v) is 6.59. The Morgan fingerprint density at radius 3 is 2.90 bits per heavy atom. The van der Waals surface area contributed by atoms with Gasteiger partial charge >= 0.3 is 5.97 Å². The molecule has 21 heavy (non-hydrogen) atoms. The van der Waals surface area contributed by atoms with Crippen molar-refractivity contribution in [3.8, 4) is 0 Å². The summed E-state index contributed by atoms with van der Waals surface area (Å²) in [5, 5.41) is 8.33. The lowest BCUT2D eigenvalue weighted by atomic mass is 10.1. The van der Waals surface area contributed by atoms with Gasteiger partial charge in [0.2, 0.25) is 11.8 Å². The number of carbonyl (C=O) groups excluding carboxylic acids is 3. The summed E-state index contributed by atoms with van der Waals surface area (Å²) in [5.41, 5.74) is 0.836. The Hall–Kier alpha value is -2.41. The zero-order valence-corrected chi connectivity index (χ0v) is 11.6. The Morgan fingerprint density at radius 1 is 1.38 bits per heavy atom. The van der Waals surface area contributed by atoms with Crippen LogP contribution in [0.25, 0.3) is 0 Å². The van der Waals surface area contributed by atoms with Gasteiger partial charge in [0.05, 0.1) is 25.1 Å². The summed E-state index contributed by atoms with van der Waals surface area (Å²) in [6.45, 7) is 1.21. The van der Waals surface area contributed by atoms with E-state index >= 15 is 0 Å². The molecule has 0 unspecified atom stereocenters. The minimum absolute atomic E-state index is 0.0360. The van der Waals surface area contributed by atoms with Gasteiger partial charge < -0.3 is 20.7 Å². The van der Waals surface area contributed by atoms with E-state index in [0.717, 1.165) is 0 Å². The number of ether oxygens (including phenoxy) is 1. The summed E-state index contributed by atoms with van der Waals surface area (Å²) >= 11 is 0. The maximum Gasteiger partial charge on any atom is 0.337 e. The van der Waals surface area contributed by atoms with Crippen LogP contribution in [0.5, 0.6) is 0 Å². The molecule has 0 radical (unpaired) electrons. The molecule has 7 heteroatoms. The van der Waals surface area contributed by atoms with E-state index in [-0.39, 0.29) is 18.2 Å². The van der Waals surface area contributed by atoms with Crippen LogP contribution in [0.3, 0.4) is 0 Å². The monoisotopic (exact) mass is 291 g/mol. The molecule has 1 heterocycles. The second-order valence-corrected chi connectivity index (χ2v) is 4.62. The van der Waals surface area contributed by atoms with E-state index in [1.807, 2.05) is 0 Å². The second-order valence-electron chi connectivity index (χ2n) is 4.62. The van der Waals surface area contributed by atoms with Gasteiger partial charge in [0.1, 0.15) is 0 Å². The number of piperazine rings is 1. The number of nitrogens with one attached hydrogen (secondary N) is 3. The number of amides is 2. The Morgan fingerprint density at radius 2 is 2.19 bits per heavy atom. The smallest absolute Gasteiger partial charge is 0.337 e. The van der Waals surface area contributed by atoms with Crippen molar-refractivity contribution in [2.24, 2.45) is 0 Å². The molecule has 2 rings (SSSR count). The SMILES string of the molecule is COC(=O)c1cccc(NC(=O)C[C@H]2NCCNC2=O)c1. The molecule has 1 aliphatic rings. The van der Waals surface area contributed by atoms with Crippen LogP contribution in [0.2, 0.25) is 0 Å². The van der Waals surface area contributed by atoms with E-state index in [2.05, 4.69) is 20.7 Å². The van der Waals surface area contributed by atoms with Crippen molar-refractivity contribution in [2.45, 2.75) is 12.5 Å². The van der Waals surface area contributed by atoms with E-state index in [1.54, 1.807) is 18.2 Å². The Balaban J connectivity index is 1.96. The summed E-state index contributed by atoms with van der Waals surface area (Å²) in [5.74, 6) is -0.953. The first-order chi connectivity index (χ1) is 10.1. The largest absolute Gasteiger partial charge is 0.465 e. The maximum atomic E-state index is 11.9. The van der Waals surface area contributed by atoms with E-state index < -0.39 is 12.0 Å². The quantitative estimate of drug-likeness (QED) is 0.673. The molecule has 0 bridgehead atoms. The topological polar surface area (TPSA) is 96.5 Å². The summed E-state index contributed by atoms with van der Waals surface area (Å²) in [6, 6.07) is 5.91. The van der Waals surface area contributed by atoms with E-state index in [0.29, 0.717) is 24.3 Å². The highest BCUT2D eigenvalue weighted by molar-refractivity contribution is 5.97. The number of carbonyl (C=O) groups is 3. The number of methoxy groups -OCH3 is 1. The van der Waals surface area contributed by atoms with Crippen LogP contribution >= 0.6 is 0 Å². The van der Waals surface area contributed by atoms with E-state index in [9.17, 15) is 14.4 Å². The molecular weight excluding hydrogens is 274 g/mol. The average molecular weight is 291 g/mol. The van der Waals surface area contributed by atoms with Crippen molar-refractivity contribution in [3.63, 3.8) is 0 Å². The van der Waals surface area contributed by atoms with Gasteiger partial charge in [-0.15, -0.1) is 0 Å². The molecule has 1 fully saturated rings. The number of anilines is 1. The minimum Gasteiger partial charge on any atom is -0.465 e. The fourth-order valence-electron chi connectivity index (χ4n) is 2.05. The number of benzene rings is 1. The van der Waals surface area contributed by atoms with Crippen molar-refractivity contribution >= 4 is 23.5 Å². The minimum atomic E-state index is -0.525. The van der Waals surface area contributed by atoms with Crippen molar-refractivity contribution in [1.29, 1.82) is 0 Å². The zero-order chi connectivity index (χ0) is 15.2. The molecule has 0 aliphatic carbocycles. The fraction of sp³-hybridized carbons (Fsp3) is 0.357. The van der Waals surface area contributed by atoms with Gasteiger partial charge in [-0.05, 0) is 18.2 Å². The van der Waals surface area contributed by atoms with Crippen LogP contribution in [0, 0.1) is 0 Å². The highest BCUT2D eigenvalue weighted by Gasteiger charge is 2.24. The lowest BCUT2D eigenvalue weighted by Crippen LogP contribution is -2.53. The van der Waals surface area contributed by atoms with Crippen molar-refractivity contribution < 1.29 is 19.1 Å². The molecule has 1 aromatic carbocycles. The highest BCUT2D eigenvalue weighted by atomic mass is 16.5. The molecule has 1 saturated heterocycles. The van der Waals surface area contributed by atoms with Crippen LogP contribution in [0.15, 0.2) is 24.3 Å². The van der Waals surface area contributed by atoms with Crippen molar-refractivity contribution in [3.05, 3.63) is 29.8 Å². The third-order valence-corrected chi connectivity index (χ3v) is 3.09. The van der Waals surface area contributed by atoms with Gasteiger partial charge in [0.25, 0.3) is 0 Å². The molecule has 0 aromatic heterocycles. The number of rotatable bonds is 4. The van der Waals surface area contributed by atoms with Crippen LogP contribution in [0.1, 0.15) is 16.8 Å². The van der Waals surface area contributed by atoms with Crippen LogP contribution in [-0.2, 0) is 14.3 Å². The summed E-state index contributed by atoms with van der Waals surface area (Å²) in [6.07, 6.45) is 0.0360. The summed E-state index contributed by atoms with van der Waals surface area (Å²) in [7, 11) is 1.29. The first-order valence-electron chi connectivity index (χ1n) is 6.59. The third kappa shape index (κ3) is 4.03. The van der Waals surface area contributed by atoms with Gasteiger partial charge in [0, 0.05) is 18.8 Å². The third-order valence-electron chi connectivity index (χ3n) is 3.09. The van der Waals surface area contributed by atoms with Gasteiger partial charge in [-0.1, -0.05) is 6.07 Å². The Labute approximate surface area is 122 Å². The van der Waals surface area contributed by atoms with Crippen LogP contribution in [0.4, 0.5) is 5.69 Å². The molecule has 1 aromatic rings. The summed E-state index contributed by atoms with van der Waals surface area (Å²) in [4.78, 5) is 34.9. The second kappa shape index (κ2) is 6.85. The molecule has 1 atom stereocenters. The standard InChI is InChI=1S/C14H17N3O4/c1-21-14(20)9-3-2-4-10(7-9)17-12(18)8-11-13(19)16-6-5-15-11/h2-4,7,11,15H,5-6,8H2,1H3,(H,16,19)(H,17,18)/t11-/m1/s1. The predicted molar refractivity (Wildman–Crippen MR) is 75.8 cm³/mol. The average Bonchev–Trinajstić information content (AvgIpc) is 2.49. The Bertz CT molecular complexity index is 559. The lowest BCUT2D eigenvalue weighted by Gasteiger charge is -2.22. The molecule has 3 N–H and O–H groups in total. The Kier molecular flexibility index (Phi) is 4.89. The fourth-order valence-corrected chi connectivity index (χ4v) is 2.05. The molecule has 1 aliphatic heterocycles. The maximum absolute atomic E-state index is 11.9. The van der Waals surface area contributed by atoms with E-state index in [4.69, 9.17) is 0 Å². The molecular formula is C14H17N3O4. The van der Waals surface area contributed by atoms with Gasteiger partial charge in [0.15, 0.2) is 0 Å². The van der Waals surface area contributed by atoms with Crippen molar-refractivity contribution in [2.75, 3.05) is 25.5 Å². The van der Waals surface area contributed by atoms with E-state index in [1.165, 1.54) is 13.2 Å². The summed E-state index contributed by atoms with van der Waals surface area (Å²) < 4.78 is 4.62. The molecule has 0 saturated carbocycles. The molecule has 0 spiro atoms. The van der Waals surface area contributed by atoms with Gasteiger partial charge in [-0.25, -0.2) is 4.79 Å². The van der Waals surface area contributed by atoms with Gasteiger partial charge in [-0.2, -0.15) is 0 Å². The number of hydrogen-bond acceptors (Lipinski definition) is 5. The predicted octanol–water partition coefficient (Wildman–Crippen LogP) is -0.110. The van der Waals surface area contributed by atoms with Crippen molar-refractivity contribution in [1.82, 2.24) is 10.6 Å². The highest BCUT2D eigenvalue weighted by Crippen LogP contribution is 2.12. The zero-order valence-electron chi connectivity index (χ0n) is 11.6. The van der Waals surface area contributed by atoms with Crippen LogP contribution < -0.4 is 16.0 Å². The van der Waals surface area contributed by atoms with Crippen LogP contribution in [-0.4, -0.2) is 44.0 Å². The number of esters is 1. The number of hydrogen-bond donors (Lipinski definition) is 3. The normalized spacial score (nSPS) is 17.8. The van der Waals surface area contributed by atoms with Gasteiger partial charge in [-0.3, -0.25) is 9.59 Å². The lowest BCUT2D eigenvalue weighted by molar-refractivity contribution is -0.127. The molecule has 112 valence electrons.